The van der Waals surface area contributed by atoms with Gasteiger partial charge in [0.25, 0.3) is 0 Å². The molecule has 57 heavy (non-hydrogen) atoms. The highest BCUT2D eigenvalue weighted by atomic mass is 16.6. The summed E-state index contributed by atoms with van der Waals surface area (Å²) in [4.78, 5) is 54.5. The van der Waals surface area contributed by atoms with Crippen molar-refractivity contribution in [1.82, 2.24) is 0 Å². The summed E-state index contributed by atoms with van der Waals surface area (Å²) in [5.41, 5.74) is -1.66. The first-order valence-corrected chi connectivity index (χ1v) is 17.1. The Kier molecular flexibility index (Phi) is 15.2. The lowest BCUT2D eigenvalue weighted by Gasteiger charge is -2.32. The summed E-state index contributed by atoms with van der Waals surface area (Å²) >= 11 is 0. The van der Waals surface area contributed by atoms with E-state index in [1.54, 1.807) is 0 Å². The maximum atomic E-state index is 13.6. The van der Waals surface area contributed by atoms with Crippen LogP contribution in [0.15, 0.2) is 72.8 Å². The highest BCUT2D eigenvalue weighted by Crippen LogP contribution is 2.32. The molecule has 0 atom stereocenters. The highest BCUT2D eigenvalue weighted by Gasteiger charge is 2.39. The maximum absolute atomic E-state index is 13.6. The predicted octanol–water partition coefficient (Wildman–Crippen LogP) is 5.47. The second kappa shape index (κ2) is 20.2. The molecule has 0 N–H and O–H groups in total. The molecule has 0 aliphatic heterocycles. The van der Waals surface area contributed by atoms with Gasteiger partial charge in [0.05, 0.1) is 56.9 Å². The van der Waals surface area contributed by atoms with Crippen LogP contribution in [0.5, 0.6) is 46.0 Å². The number of hydrogen-bond donors (Lipinski definition) is 0. The number of esters is 4. The van der Waals surface area contributed by atoms with E-state index < -0.39 is 55.7 Å². The van der Waals surface area contributed by atoms with Gasteiger partial charge in [-0.05, 0) is 48.5 Å². The second-order valence-corrected chi connectivity index (χ2v) is 12.1. The molecule has 304 valence electrons. The number of benzene rings is 4. The summed E-state index contributed by atoms with van der Waals surface area (Å²) in [5.74, 6) is -1.25. The lowest BCUT2D eigenvalue weighted by Crippen LogP contribution is -2.44. The summed E-state index contributed by atoms with van der Waals surface area (Å²) in [7, 11) is 11.3. The van der Waals surface area contributed by atoms with Crippen LogP contribution in [0, 0.1) is 5.41 Å². The standard InChI is InChI=1S/C41H44O16/c1-46-25-9-13-29(33(17-25)50-5)37(42)54-21-41(22-55-38(43)30-14-10-26(47-2)18-34(30)51-6,23-56-39(44)31-15-11-27(48-3)19-35(31)52-7)24-57-40(45)32-16-12-28(49-4)20-36(32)53-8/h9-20H,21-24H2,1-8H3. The average molecular weight is 793 g/mol. The van der Waals surface area contributed by atoms with E-state index in [0.29, 0.717) is 23.0 Å². The van der Waals surface area contributed by atoms with E-state index in [2.05, 4.69) is 0 Å². The van der Waals surface area contributed by atoms with Crippen LogP contribution in [0.3, 0.4) is 0 Å². The molecule has 0 amide bonds. The van der Waals surface area contributed by atoms with Gasteiger partial charge in [-0.3, -0.25) is 0 Å². The van der Waals surface area contributed by atoms with Gasteiger partial charge in [-0.25, -0.2) is 19.2 Å². The summed E-state index contributed by atoms with van der Waals surface area (Å²) in [6.45, 7) is -2.47. The Bertz CT molecular complexity index is 1750. The molecular formula is C41H44O16. The SMILES string of the molecule is COc1ccc(C(=O)OCC(COC(=O)c2ccc(OC)cc2OC)(COC(=O)c2ccc(OC)cc2OC)COC(=O)c2ccc(OC)cc2OC)c(OC)c1. The van der Waals surface area contributed by atoms with Crippen LogP contribution in [-0.2, 0) is 18.9 Å². The number of ether oxygens (including phenoxy) is 12. The minimum Gasteiger partial charge on any atom is -0.497 e. The largest absolute Gasteiger partial charge is 0.497 e. The molecule has 0 aromatic heterocycles. The van der Waals surface area contributed by atoms with Gasteiger partial charge in [-0.15, -0.1) is 0 Å². The fourth-order valence-electron chi connectivity index (χ4n) is 5.30. The Labute approximate surface area is 329 Å². The predicted molar refractivity (Wildman–Crippen MR) is 202 cm³/mol. The van der Waals surface area contributed by atoms with Crippen LogP contribution in [0.2, 0.25) is 0 Å². The zero-order valence-corrected chi connectivity index (χ0v) is 32.8. The van der Waals surface area contributed by atoms with Crippen molar-refractivity contribution in [2.24, 2.45) is 5.41 Å². The van der Waals surface area contributed by atoms with Crippen molar-refractivity contribution in [2.75, 3.05) is 83.3 Å². The minimum absolute atomic E-state index is 0.0205. The van der Waals surface area contributed by atoms with Crippen molar-refractivity contribution in [2.45, 2.75) is 0 Å². The molecule has 0 saturated carbocycles. The zero-order valence-electron chi connectivity index (χ0n) is 32.8. The number of carbonyl (C=O) groups is 4. The van der Waals surface area contributed by atoms with Crippen LogP contribution < -0.4 is 37.9 Å². The first-order chi connectivity index (χ1) is 27.5. The molecule has 4 aromatic rings. The van der Waals surface area contributed by atoms with Crippen LogP contribution in [0.1, 0.15) is 41.4 Å². The van der Waals surface area contributed by atoms with E-state index in [1.165, 1.54) is 130 Å². The molecule has 0 radical (unpaired) electrons. The molecule has 0 aliphatic carbocycles. The van der Waals surface area contributed by atoms with Crippen LogP contribution in [0.4, 0.5) is 0 Å². The Morgan fingerprint density at radius 3 is 0.737 bits per heavy atom. The molecule has 0 saturated heterocycles. The Morgan fingerprint density at radius 1 is 0.351 bits per heavy atom. The van der Waals surface area contributed by atoms with Crippen molar-refractivity contribution in [3.8, 4) is 46.0 Å². The zero-order chi connectivity index (χ0) is 41.5. The van der Waals surface area contributed by atoms with E-state index in [1.807, 2.05) is 0 Å². The first-order valence-electron chi connectivity index (χ1n) is 17.1. The van der Waals surface area contributed by atoms with E-state index in [9.17, 15) is 19.2 Å². The molecular weight excluding hydrogens is 748 g/mol. The van der Waals surface area contributed by atoms with Crippen LogP contribution in [0.25, 0.3) is 0 Å². The third kappa shape index (κ3) is 10.7. The van der Waals surface area contributed by atoms with Gasteiger partial charge in [0.1, 0.15) is 100 Å². The first kappa shape index (κ1) is 42.9. The van der Waals surface area contributed by atoms with Gasteiger partial charge in [0.2, 0.25) is 0 Å². The van der Waals surface area contributed by atoms with E-state index in [-0.39, 0.29) is 45.3 Å². The molecule has 16 heteroatoms. The summed E-state index contributed by atoms with van der Waals surface area (Å²) < 4.78 is 65.7. The van der Waals surface area contributed by atoms with Gasteiger partial charge >= 0.3 is 23.9 Å². The van der Waals surface area contributed by atoms with E-state index in [4.69, 9.17) is 56.8 Å². The summed E-state index contributed by atoms with van der Waals surface area (Å²) in [5, 5.41) is 0. The van der Waals surface area contributed by atoms with Gasteiger partial charge in [-0.1, -0.05) is 0 Å². The van der Waals surface area contributed by atoms with E-state index >= 15 is 0 Å². The van der Waals surface area contributed by atoms with Crippen molar-refractivity contribution in [3.05, 3.63) is 95.1 Å². The number of carbonyl (C=O) groups excluding carboxylic acids is 4. The smallest absolute Gasteiger partial charge is 0.341 e. The molecule has 0 bridgehead atoms. The van der Waals surface area contributed by atoms with E-state index in [0.717, 1.165) is 0 Å². The number of rotatable bonds is 20. The minimum atomic E-state index is -1.74. The Morgan fingerprint density at radius 2 is 0.561 bits per heavy atom. The Balaban J connectivity index is 1.75. The molecule has 0 unspecified atom stereocenters. The third-order valence-corrected chi connectivity index (χ3v) is 8.55. The van der Waals surface area contributed by atoms with Crippen LogP contribution >= 0.6 is 0 Å². The lowest BCUT2D eigenvalue weighted by atomic mass is 9.92. The van der Waals surface area contributed by atoms with Gasteiger partial charge in [0.15, 0.2) is 0 Å². The Hall–Kier alpha value is -6.84. The quantitative estimate of drug-likeness (QED) is 0.0812. The molecule has 16 nitrogen and oxygen atoms in total. The van der Waals surface area contributed by atoms with Gasteiger partial charge < -0.3 is 56.8 Å². The molecule has 4 rings (SSSR count). The molecule has 0 heterocycles. The van der Waals surface area contributed by atoms with Crippen molar-refractivity contribution in [1.29, 1.82) is 0 Å². The fraction of sp³-hybridized carbons (Fsp3) is 0.317. The highest BCUT2D eigenvalue weighted by molar-refractivity contribution is 5.95. The third-order valence-electron chi connectivity index (χ3n) is 8.55. The second-order valence-electron chi connectivity index (χ2n) is 12.1. The maximum Gasteiger partial charge on any atom is 0.341 e. The molecule has 0 fully saturated rings. The average Bonchev–Trinajstić information content (AvgIpc) is 3.26. The molecule has 0 spiro atoms. The van der Waals surface area contributed by atoms with Gasteiger partial charge in [0, 0.05) is 24.3 Å². The summed E-state index contributed by atoms with van der Waals surface area (Å²) in [6.07, 6.45) is 0. The van der Waals surface area contributed by atoms with Gasteiger partial charge in [-0.2, -0.15) is 0 Å². The molecule has 0 aliphatic rings. The van der Waals surface area contributed by atoms with Crippen molar-refractivity contribution >= 4 is 23.9 Å². The topological polar surface area (TPSA) is 179 Å². The number of hydrogen-bond acceptors (Lipinski definition) is 16. The number of methoxy groups -OCH3 is 8. The normalized spacial score (nSPS) is 10.7. The van der Waals surface area contributed by atoms with Crippen LogP contribution in [-0.4, -0.2) is 107 Å². The fourth-order valence-corrected chi connectivity index (χ4v) is 5.30. The monoisotopic (exact) mass is 792 g/mol. The van der Waals surface area contributed by atoms with Crippen molar-refractivity contribution < 1.29 is 76.0 Å². The summed E-state index contributed by atoms with van der Waals surface area (Å²) in [6, 6.07) is 17.8. The molecule has 4 aromatic carbocycles. The lowest BCUT2D eigenvalue weighted by molar-refractivity contribution is -0.0643. The van der Waals surface area contributed by atoms with Crippen molar-refractivity contribution in [3.63, 3.8) is 0 Å².